The molecule has 4 aliphatic rings. The number of carbonyl (C=O) groups is 1. The Morgan fingerprint density at radius 2 is 1.92 bits per heavy atom. The van der Waals surface area contributed by atoms with E-state index in [0.29, 0.717) is 29.5 Å². The molecule has 0 aliphatic heterocycles. The first kappa shape index (κ1) is 19.4. The lowest BCUT2D eigenvalue weighted by atomic mass is 9.48. The van der Waals surface area contributed by atoms with Crippen LogP contribution in [0.1, 0.15) is 79.1 Å². The van der Waals surface area contributed by atoms with Gasteiger partial charge in [0.2, 0.25) is 0 Å². The lowest BCUT2D eigenvalue weighted by Gasteiger charge is -2.56. The Bertz CT molecular complexity index is 654. The van der Waals surface area contributed by atoms with Crippen LogP contribution in [0.5, 0.6) is 0 Å². The van der Waals surface area contributed by atoms with Crippen LogP contribution in [-0.2, 0) is 4.79 Å². The average Bonchev–Trinajstić information content (AvgIpc) is 2.98. The summed E-state index contributed by atoms with van der Waals surface area (Å²) in [5.74, 6) is 3.19. The van der Waals surface area contributed by atoms with Gasteiger partial charge in [0.1, 0.15) is 0 Å². The molecule has 2 fully saturated rings. The highest BCUT2D eigenvalue weighted by Gasteiger charge is 2.57. The molecule has 6 unspecified atom stereocenters. The molecule has 0 N–H and O–H groups in total. The van der Waals surface area contributed by atoms with Crippen molar-refractivity contribution in [2.75, 3.05) is 0 Å². The summed E-state index contributed by atoms with van der Waals surface area (Å²) < 4.78 is 0. The third kappa shape index (κ3) is 2.88. The van der Waals surface area contributed by atoms with Crippen LogP contribution in [0.3, 0.4) is 0 Å². The lowest BCUT2D eigenvalue weighted by Crippen LogP contribution is -2.48. The third-order valence-corrected chi connectivity index (χ3v) is 8.32. The summed E-state index contributed by atoms with van der Waals surface area (Å²) in [5, 5.41) is 8.98. The van der Waals surface area contributed by atoms with Gasteiger partial charge in [-0.25, -0.2) is 0 Å². The molecule has 142 valence electrons. The summed E-state index contributed by atoms with van der Waals surface area (Å²) in [4.78, 5) is 11.9. The molecule has 0 aromatic heterocycles. The zero-order chi connectivity index (χ0) is 18.9. The molecule has 0 aromatic carbocycles. The fraction of sp³-hybridized carbons (Fsp3) is 0.750. The van der Waals surface area contributed by atoms with Crippen LogP contribution in [-0.4, -0.2) is 5.78 Å². The van der Waals surface area contributed by atoms with Gasteiger partial charge in [0.25, 0.3) is 0 Å². The van der Waals surface area contributed by atoms with E-state index in [9.17, 15) is 4.79 Å². The fourth-order valence-electron chi connectivity index (χ4n) is 6.82. The zero-order valence-corrected chi connectivity index (χ0v) is 17.1. The molecule has 0 heterocycles. The van der Waals surface area contributed by atoms with Gasteiger partial charge < -0.3 is 0 Å². The molecular weight excluding hydrogens is 318 g/mol. The number of nitrogens with zero attached hydrogens (tertiary/aromatic N) is 1. The van der Waals surface area contributed by atoms with Gasteiger partial charge >= 0.3 is 0 Å². The number of allylic oxidation sites excluding steroid dienone is 4. The minimum absolute atomic E-state index is 0.208. The SMILES string of the molecule is CC.CC12CCC(=O)C=C1C=CC1C2CCC2(C)C(CCC#N)CCC12. The van der Waals surface area contributed by atoms with Gasteiger partial charge in [-0.15, -0.1) is 0 Å². The monoisotopic (exact) mass is 353 g/mol. The quantitative estimate of drug-likeness (QED) is 0.589. The molecule has 0 aromatic rings. The molecule has 6 atom stereocenters. The van der Waals surface area contributed by atoms with E-state index in [-0.39, 0.29) is 5.41 Å². The second kappa shape index (κ2) is 7.34. The molecule has 2 nitrogen and oxygen atoms in total. The van der Waals surface area contributed by atoms with E-state index >= 15 is 0 Å². The van der Waals surface area contributed by atoms with Crippen molar-refractivity contribution < 1.29 is 4.79 Å². The standard InChI is InChI=1S/C22H29NO.C2H6/c1-21-12-10-20-18(19(21)8-6-15(21)4-3-13-23)7-5-16-14-17(24)9-11-22(16,20)2;1-2/h5,7,14-15,18-20H,3-4,6,8-12H2,1-2H3;1-2H3. The van der Waals surface area contributed by atoms with E-state index in [4.69, 9.17) is 5.26 Å². The number of nitriles is 1. The Hall–Kier alpha value is -1.36. The first-order valence-electron chi connectivity index (χ1n) is 10.8. The van der Waals surface area contributed by atoms with Crippen molar-refractivity contribution in [1.29, 1.82) is 5.26 Å². The number of hydrogen-bond donors (Lipinski definition) is 0. The van der Waals surface area contributed by atoms with Crippen LogP contribution in [0.4, 0.5) is 0 Å². The Balaban J connectivity index is 0.000000948. The van der Waals surface area contributed by atoms with Gasteiger partial charge in [0, 0.05) is 12.8 Å². The van der Waals surface area contributed by atoms with Crippen molar-refractivity contribution in [1.82, 2.24) is 0 Å². The van der Waals surface area contributed by atoms with Gasteiger partial charge in [-0.05, 0) is 84.7 Å². The highest BCUT2D eigenvalue weighted by Crippen LogP contribution is 2.65. The fourth-order valence-corrected chi connectivity index (χ4v) is 6.82. The van der Waals surface area contributed by atoms with Crippen molar-refractivity contribution in [3.8, 4) is 6.07 Å². The minimum Gasteiger partial charge on any atom is -0.295 e. The predicted molar refractivity (Wildman–Crippen MR) is 106 cm³/mol. The molecule has 2 saturated carbocycles. The van der Waals surface area contributed by atoms with E-state index in [1.165, 1.54) is 31.3 Å². The Kier molecular flexibility index (Phi) is 5.48. The Morgan fingerprint density at radius 1 is 1.15 bits per heavy atom. The first-order valence-corrected chi connectivity index (χ1v) is 10.8. The van der Waals surface area contributed by atoms with Crippen molar-refractivity contribution in [2.24, 2.45) is 34.5 Å². The van der Waals surface area contributed by atoms with Crippen molar-refractivity contribution >= 4 is 5.78 Å². The van der Waals surface area contributed by atoms with E-state index in [2.05, 4.69) is 32.1 Å². The van der Waals surface area contributed by atoms with Crippen molar-refractivity contribution in [3.63, 3.8) is 0 Å². The van der Waals surface area contributed by atoms with Gasteiger partial charge in [-0.2, -0.15) is 5.26 Å². The maximum absolute atomic E-state index is 11.9. The maximum Gasteiger partial charge on any atom is 0.156 e. The lowest BCUT2D eigenvalue weighted by molar-refractivity contribution is -0.116. The number of fused-ring (bicyclic) bond motifs is 5. The zero-order valence-electron chi connectivity index (χ0n) is 17.1. The summed E-state index contributed by atoms with van der Waals surface area (Å²) in [6, 6.07) is 2.36. The van der Waals surface area contributed by atoms with Crippen LogP contribution in [0, 0.1) is 45.8 Å². The molecule has 0 bridgehead atoms. The third-order valence-electron chi connectivity index (χ3n) is 8.32. The van der Waals surface area contributed by atoms with Crippen LogP contribution in [0.25, 0.3) is 0 Å². The summed E-state index contributed by atoms with van der Waals surface area (Å²) in [6.45, 7) is 8.92. The first-order chi connectivity index (χ1) is 12.5. The van der Waals surface area contributed by atoms with Gasteiger partial charge in [-0.1, -0.05) is 39.8 Å². The van der Waals surface area contributed by atoms with Crippen LogP contribution >= 0.6 is 0 Å². The van der Waals surface area contributed by atoms with Crippen LogP contribution in [0.15, 0.2) is 23.8 Å². The summed E-state index contributed by atoms with van der Waals surface area (Å²) in [7, 11) is 0. The van der Waals surface area contributed by atoms with Crippen LogP contribution in [0.2, 0.25) is 0 Å². The highest BCUT2D eigenvalue weighted by molar-refractivity contribution is 5.92. The second-order valence-electron chi connectivity index (χ2n) is 9.15. The van der Waals surface area contributed by atoms with E-state index < -0.39 is 0 Å². The molecule has 26 heavy (non-hydrogen) atoms. The second-order valence-corrected chi connectivity index (χ2v) is 9.15. The predicted octanol–water partition coefficient (Wildman–Crippen LogP) is 6.24. The number of hydrogen-bond acceptors (Lipinski definition) is 2. The molecule has 0 amide bonds. The maximum atomic E-state index is 11.9. The smallest absolute Gasteiger partial charge is 0.156 e. The van der Waals surface area contributed by atoms with Gasteiger partial charge in [0.05, 0.1) is 6.07 Å². The molecular formula is C24H35NO. The van der Waals surface area contributed by atoms with E-state index in [0.717, 1.165) is 31.1 Å². The van der Waals surface area contributed by atoms with Crippen molar-refractivity contribution in [3.05, 3.63) is 23.8 Å². The molecule has 0 spiro atoms. The Morgan fingerprint density at radius 3 is 2.65 bits per heavy atom. The molecule has 0 saturated heterocycles. The average molecular weight is 354 g/mol. The van der Waals surface area contributed by atoms with E-state index in [1.807, 2.05) is 19.9 Å². The van der Waals surface area contributed by atoms with Crippen molar-refractivity contribution in [2.45, 2.75) is 79.1 Å². The van der Waals surface area contributed by atoms with Gasteiger partial charge in [0.15, 0.2) is 5.78 Å². The van der Waals surface area contributed by atoms with Gasteiger partial charge in [-0.3, -0.25) is 4.79 Å². The molecule has 0 radical (unpaired) electrons. The largest absolute Gasteiger partial charge is 0.295 e. The van der Waals surface area contributed by atoms with Crippen LogP contribution < -0.4 is 0 Å². The number of carbonyl (C=O) groups excluding carboxylic acids is 1. The summed E-state index contributed by atoms with van der Waals surface area (Å²) in [6.07, 6.45) is 15.4. The molecule has 4 aliphatic carbocycles. The van der Waals surface area contributed by atoms with E-state index in [1.54, 1.807) is 0 Å². The Labute approximate surface area is 159 Å². The minimum atomic E-state index is 0.208. The molecule has 4 rings (SSSR count). The number of rotatable bonds is 2. The highest BCUT2D eigenvalue weighted by atomic mass is 16.1. The summed E-state index contributed by atoms with van der Waals surface area (Å²) in [5.41, 5.74) is 1.92. The topological polar surface area (TPSA) is 40.9 Å². The molecule has 2 heteroatoms. The summed E-state index contributed by atoms with van der Waals surface area (Å²) >= 11 is 0. The number of ketones is 1. The normalized spacial score (nSPS) is 43.2.